The number of para-hydroxylation sites is 2. The Bertz CT molecular complexity index is 839. The number of rotatable bonds is 4. The van der Waals surface area contributed by atoms with Gasteiger partial charge in [-0.1, -0.05) is 45.0 Å². The minimum Gasteiger partial charge on any atom is -0.404 e. The molecule has 25 heavy (non-hydrogen) atoms. The molecule has 0 aliphatic heterocycles. The molecule has 0 aliphatic carbocycles. The maximum absolute atomic E-state index is 12.4. The van der Waals surface area contributed by atoms with Gasteiger partial charge in [-0.05, 0) is 35.2 Å². The molecular weight excluding hydrogens is 355 g/mol. The van der Waals surface area contributed by atoms with Gasteiger partial charge in [0.1, 0.15) is 0 Å². The molecular formula is C17H18F3NO3S. The van der Waals surface area contributed by atoms with Gasteiger partial charge in [-0.3, -0.25) is 4.72 Å². The average molecular weight is 373 g/mol. The lowest BCUT2D eigenvalue weighted by Gasteiger charge is -2.19. The molecule has 0 atom stereocenters. The topological polar surface area (TPSA) is 55.4 Å². The highest BCUT2D eigenvalue weighted by Gasteiger charge is 2.32. The molecule has 0 aromatic heterocycles. The summed E-state index contributed by atoms with van der Waals surface area (Å²) >= 11 is 0. The van der Waals surface area contributed by atoms with E-state index in [1.807, 2.05) is 20.8 Å². The number of hydrogen-bond donors (Lipinski definition) is 1. The molecule has 8 heteroatoms. The Hall–Kier alpha value is -2.22. The second kappa shape index (κ2) is 6.59. The van der Waals surface area contributed by atoms with Crippen LogP contribution in [0.3, 0.4) is 0 Å². The molecule has 4 nitrogen and oxygen atoms in total. The van der Waals surface area contributed by atoms with Crippen molar-refractivity contribution in [3.63, 3.8) is 0 Å². The Morgan fingerprint density at radius 1 is 0.920 bits per heavy atom. The zero-order valence-corrected chi connectivity index (χ0v) is 14.7. The summed E-state index contributed by atoms with van der Waals surface area (Å²) in [5, 5.41) is 0. The Balaban J connectivity index is 2.31. The number of sulfonamides is 1. The van der Waals surface area contributed by atoms with Crippen molar-refractivity contribution in [3.8, 4) is 5.75 Å². The van der Waals surface area contributed by atoms with Crippen LogP contribution in [0.1, 0.15) is 26.3 Å². The highest BCUT2D eigenvalue weighted by molar-refractivity contribution is 7.92. The summed E-state index contributed by atoms with van der Waals surface area (Å²) < 4.78 is 68.1. The van der Waals surface area contributed by atoms with Crippen molar-refractivity contribution in [2.75, 3.05) is 4.72 Å². The monoisotopic (exact) mass is 373 g/mol. The van der Waals surface area contributed by atoms with E-state index in [9.17, 15) is 21.6 Å². The number of nitrogens with one attached hydrogen (secondary N) is 1. The number of anilines is 1. The highest BCUT2D eigenvalue weighted by Crippen LogP contribution is 2.32. The Morgan fingerprint density at radius 3 is 2.00 bits per heavy atom. The van der Waals surface area contributed by atoms with Crippen molar-refractivity contribution in [3.05, 3.63) is 54.1 Å². The average Bonchev–Trinajstić information content (AvgIpc) is 2.47. The van der Waals surface area contributed by atoms with E-state index in [0.29, 0.717) is 0 Å². The van der Waals surface area contributed by atoms with Crippen LogP contribution < -0.4 is 9.46 Å². The van der Waals surface area contributed by atoms with E-state index in [-0.39, 0.29) is 16.0 Å². The molecule has 2 rings (SSSR count). The number of halogens is 3. The largest absolute Gasteiger partial charge is 0.573 e. The zero-order valence-electron chi connectivity index (χ0n) is 13.9. The van der Waals surface area contributed by atoms with Gasteiger partial charge >= 0.3 is 6.36 Å². The summed E-state index contributed by atoms with van der Waals surface area (Å²) in [5.74, 6) is -0.620. The summed E-state index contributed by atoms with van der Waals surface area (Å²) in [6.07, 6.45) is -4.92. The third-order valence-electron chi connectivity index (χ3n) is 3.39. The van der Waals surface area contributed by atoms with Gasteiger partial charge in [-0.25, -0.2) is 8.42 Å². The third-order valence-corrected chi connectivity index (χ3v) is 4.77. The Morgan fingerprint density at radius 2 is 1.48 bits per heavy atom. The Labute approximate surface area is 144 Å². The van der Waals surface area contributed by atoms with Crippen LogP contribution >= 0.6 is 0 Å². The van der Waals surface area contributed by atoms with Crippen molar-refractivity contribution in [2.24, 2.45) is 0 Å². The van der Waals surface area contributed by atoms with Crippen LogP contribution in [0.2, 0.25) is 0 Å². The molecule has 0 fully saturated rings. The minimum atomic E-state index is -4.92. The maximum Gasteiger partial charge on any atom is 0.573 e. The smallest absolute Gasteiger partial charge is 0.404 e. The van der Waals surface area contributed by atoms with E-state index in [4.69, 9.17) is 0 Å². The van der Waals surface area contributed by atoms with Crippen LogP contribution in [0, 0.1) is 0 Å². The van der Waals surface area contributed by atoms with Crippen molar-refractivity contribution >= 4 is 15.7 Å². The van der Waals surface area contributed by atoms with Crippen LogP contribution in [0.4, 0.5) is 18.9 Å². The third kappa shape index (κ3) is 5.12. The summed E-state index contributed by atoms with van der Waals surface area (Å²) in [6, 6.07) is 11.1. The molecule has 0 saturated heterocycles. The van der Waals surface area contributed by atoms with Crippen molar-refractivity contribution in [1.82, 2.24) is 0 Å². The fraction of sp³-hybridized carbons (Fsp3) is 0.294. The first-order valence-electron chi connectivity index (χ1n) is 7.37. The van der Waals surface area contributed by atoms with E-state index < -0.39 is 22.1 Å². The lowest BCUT2D eigenvalue weighted by atomic mass is 9.87. The second-order valence-electron chi connectivity index (χ2n) is 6.42. The quantitative estimate of drug-likeness (QED) is 0.846. The van der Waals surface area contributed by atoms with E-state index in [0.717, 1.165) is 11.6 Å². The molecule has 1 N–H and O–H groups in total. The van der Waals surface area contributed by atoms with Gasteiger partial charge in [0.25, 0.3) is 10.0 Å². The van der Waals surface area contributed by atoms with Crippen LogP contribution in [-0.4, -0.2) is 14.8 Å². The van der Waals surface area contributed by atoms with Crippen LogP contribution in [0.25, 0.3) is 0 Å². The molecule has 0 spiro atoms. The molecule has 0 amide bonds. The number of benzene rings is 2. The first-order chi connectivity index (χ1) is 11.4. The number of hydrogen-bond acceptors (Lipinski definition) is 3. The van der Waals surface area contributed by atoms with E-state index in [2.05, 4.69) is 9.46 Å². The molecule has 0 bridgehead atoms. The summed E-state index contributed by atoms with van der Waals surface area (Å²) in [6.45, 7) is 5.96. The molecule has 136 valence electrons. The van der Waals surface area contributed by atoms with Crippen molar-refractivity contribution in [1.29, 1.82) is 0 Å². The standard InChI is InChI=1S/C17H18F3NO3S/c1-16(2,3)12-8-10-13(11-9-12)25(22,23)21-14-6-4-5-7-15(14)24-17(18,19)20/h4-11,21H,1-3H3. The molecule has 0 radical (unpaired) electrons. The molecule has 0 saturated carbocycles. The number of ether oxygens (including phenoxy) is 1. The van der Waals surface area contributed by atoms with E-state index in [1.54, 1.807) is 12.1 Å². The van der Waals surface area contributed by atoms with Gasteiger partial charge in [0, 0.05) is 0 Å². The summed E-state index contributed by atoms with van der Waals surface area (Å²) in [4.78, 5) is -0.0534. The molecule has 2 aromatic carbocycles. The van der Waals surface area contributed by atoms with Gasteiger partial charge in [-0.15, -0.1) is 13.2 Å². The maximum atomic E-state index is 12.4. The van der Waals surface area contributed by atoms with Crippen molar-refractivity contribution in [2.45, 2.75) is 37.4 Å². The molecule has 2 aromatic rings. The Kier molecular flexibility index (Phi) is 5.04. The number of alkyl halides is 3. The van der Waals surface area contributed by atoms with E-state index in [1.165, 1.54) is 30.3 Å². The van der Waals surface area contributed by atoms with Gasteiger partial charge < -0.3 is 4.74 Å². The van der Waals surface area contributed by atoms with Crippen LogP contribution in [0.15, 0.2) is 53.4 Å². The van der Waals surface area contributed by atoms with Crippen LogP contribution in [0.5, 0.6) is 5.75 Å². The van der Waals surface area contributed by atoms with Gasteiger partial charge in [0.15, 0.2) is 5.75 Å². The van der Waals surface area contributed by atoms with Crippen molar-refractivity contribution < 1.29 is 26.3 Å². The fourth-order valence-electron chi connectivity index (χ4n) is 2.10. The van der Waals surface area contributed by atoms with E-state index >= 15 is 0 Å². The molecule has 0 heterocycles. The second-order valence-corrected chi connectivity index (χ2v) is 8.11. The first-order valence-corrected chi connectivity index (χ1v) is 8.85. The highest BCUT2D eigenvalue weighted by atomic mass is 32.2. The molecule has 0 aliphatic rings. The van der Waals surface area contributed by atoms with Gasteiger partial charge in [0.05, 0.1) is 10.6 Å². The fourth-order valence-corrected chi connectivity index (χ4v) is 3.17. The lowest BCUT2D eigenvalue weighted by Crippen LogP contribution is -2.20. The molecule has 0 unspecified atom stereocenters. The zero-order chi connectivity index (χ0) is 18.9. The SMILES string of the molecule is CC(C)(C)c1ccc(S(=O)(=O)Nc2ccccc2OC(F)(F)F)cc1. The first kappa shape index (κ1) is 19.1. The van der Waals surface area contributed by atoms with Gasteiger partial charge in [0.2, 0.25) is 0 Å². The minimum absolute atomic E-state index is 0.0534. The summed E-state index contributed by atoms with van der Waals surface area (Å²) in [5.41, 5.74) is 0.495. The normalized spacial score (nSPS) is 12.7. The predicted octanol–water partition coefficient (Wildman–Crippen LogP) is 4.68. The van der Waals surface area contributed by atoms with Crippen LogP contribution in [-0.2, 0) is 15.4 Å². The predicted molar refractivity (Wildman–Crippen MR) is 89.1 cm³/mol. The van der Waals surface area contributed by atoms with Gasteiger partial charge in [-0.2, -0.15) is 0 Å². The lowest BCUT2D eigenvalue weighted by molar-refractivity contribution is -0.274. The summed E-state index contributed by atoms with van der Waals surface area (Å²) in [7, 11) is -4.05.